The van der Waals surface area contributed by atoms with Crippen molar-refractivity contribution in [2.45, 2.75) is 66.3 Å². The third kappa shape index (κ3) is 4.33. The molecule has 1 unspecified atom stereocenters. The Morgan fingerprint density at radius 2 is 1.97 bits per heavy atom. The minimum Gasteiger partial charge on any atom is -0.340 e. The van der Waals surface area contributed by atoms with E-state index in [0.29, 0.717) is 24.3 Å². The average Bonchev–Trinajstić information content (AvgIpc) is 3.06. The molecule has 1 N–H and O–H groups in total. The second-order valence-corrected chi connectivity index (χ2v) is 11.0. The normalized spacial score (nSPS) is 20.5. The Balaban J connectivity index is 1.48. The van der Waals surface area contributed by atoms with Crippen molar-refractivity contribution in [3.8, 4) is 0 Å². The first-order valence-electron chi connectivity index (χ1n) is 11.3. The second kappa shape index (κ2) is 8.42. The molecule has 1 saturated heterocycles. The minimum absolute atomic E-state index is 0.0125. The van der Waals surface area contributed by atoms with Gasteiger partial charge in [0.2, 0.25) is 5.91 Å². The molecule has 2 aromatic rings. The summed E-state index contributed by atoms with van der Waals surface area (Å²) in [6.07, 6.45) is 4.71. The number of aromatic nitrogens is 2. The van der Waals surface area contributed by atoms with E-state index < -0.39 is 0 Å². The molecule has 0 bridgehead atoms. The Hall–Kier alpha value is -1.73. The molecule has 3 heterocycles. The number of carbonyl (C=O) groups excluding carboxylic acids is 1. The fourth-order valence-corrected chi connectivity index (χ4v) is 6.10. The summed E-state index contributed by atoms with van der Waals surface area (Å²) in [5.74, 6) is 1.65. The topological polar surface area (TPSA) is 69.3 Å². The van der Waals surface area contributed by atoms with Crippen molar-refractivity contribution in [1.82, 2.24) is 19.8 Å². The van der Waals surface area contributed by atoms with Gasteiger partial charge in [-0.1, -0.05) is 27.7 Å². The fourth-order valence-electron chi connectivity index (χ4n) is 4.78. The number of carbonyl (C=O) groups is 1. The monoisotopic (exact) mass is 430 g/mol. The molecule has 0 aromatic carbocycles. The Kier molecular flexibility index (Phi) is 6.04. The number of fused-ring (bicyclic) bond motifs is 3. The maximum absolute atomic E-state index is 12.9. The van der Waals surface area contributed by atoms with Gasteiger partial charge >= 0.3 is 0 Å². The number of thiophene rings is 1. The van der Waals surface area contributed by atoms with Crippen LogP contribution < -0.4 is 5.56 Å². The third-order valence-corrected chi connectivity index (χ3v) is 7.90. The Morgan fingerprint density at radius 3 is 2.63 bits per heavy atom. The first-order valence-corrected chi connectivity index (χ1v) is 12.1. The van der Waals surface area contributed by atoms with E-state index in [4.69, 9.17) is 4.98 Å². The van der Waals surface area contributed by atoms with Gasteiger partial charge < -0.3 is 9.88 Å². The SMILES string of the molecule is CCCC(=O)N1CCN(Cc2nc3sc4c(c3c(=O)[nH]2)CCC(C(C)(C)C)C4)CC1. The summed E-state index contributed by atoms with van der Waals surface area (Å²) in [5, 5.41) is 0.820. The maximum Gasteiger partial charge on any atom is 0.259 e. The molecular formula is C23H34N4O2S. The van der Waals surface area contributed by atoms with Crippen LogP contribution in [-0.2, 0) is 24.2 Å². The van der Waals surface area contributed by atoms with Crippen molar-refractivity contribution in [3.63, 3.8) is 0 Å². The molecule has 0 spiro atoms. The summed E-state index contributed by atoms with van der Waals surface area (Å²) in [5.41, 5.74) is 1.54. The third-order valence-electron chi connectivity index (χ3n) is 6.76. The highest BCUT2D eigenvalue weighted by Crippen LogP contribution is 2.41. The highest BCUT2D eigenvalue weighted by molar-refractivity contribution is 7.18. The van der Waals surface area contributed by atoms with Crippen molar-refractivity contribution in [1.29, 1.82) is 0 Å². The summed E-state index contributed by atoms with van der Waals surface area (Å²) < 4.78 is 0. The summed E-state index contributed by atoms with van der Waals surface area (Å²) in [6.45, 7) is 12.8. The predicted octanol–water partition coefficient (Wildman–Crippen LogP) is 3.58. The van der Waals surface area contributed by atoms with Crippen LogP contribution in [0.1, 0.15) is 63.2 Å². The zero-order chi connectivity index (χ0) is 21.5. The van der Waals surface area contributed by atoms with E-state index >= 15 is 0 Å². The van der Waals surface area contributed by atoms with Crippen LogP contribution in [0.3, 0.4) is 0 Å². The molecule has 1 aliphatic carbocycles. The van der Waals surface area contributed by atoms with Gasteiger partial charge in [0, 0.05) is 37.5 Å². The van der Waals surface area contributed by atoms with Crippen molar-refractivity contribution < 1.29 is 4.79 Å². The fraction of sp³-hybridized carbons (Fsp3) is 0.696. The molecule has 7 heteroatoms. The zero-order valence-electron chi connectivity index (χ0n) is 18.7. The molecule has 1 aliphatic heterocycles. The van der Waals surface area contributed by atoms with Crippen LogP contribution in [0, 0.1) is 11.3 Å². The number of aryl methyl sites for hydroxylation is 1. The number of hydrogen-bond donors (Lipinski definition) is 1. The number of piperazine rings is 1. The van der Waals surface area contributed by atoms with Crippen molar-refractivity contribution in [3.05, 3.63) is 26.6 Å². The lowest BCUT2D eigenvalue weighted by Gasteiger charge is -2.34. The first kappa shape index (κ1) is 21.5. The molecule has 0 radical (unpaired) electrons. The van der Waals surface area contributed by atoms with E-state index in [0.717, 1.165) is 67.9 Å². The maximum atomic E-state index is 12.9. The summed E-state index contributed by atoms with van der Waals surface area (Å²) in [6, 6.07) is 0. The van der Waals surface area contributed by atoms with Gasteiger partial charge in [0.1, 0.15) is 10.7 Å². The van der Waals surface area contributed by atoms with Crippen LogP contribution in [-0.4, -0.2) is 51.9 Å². The van der Waals surface area contributed by atoms with Gasteiger partial charge in [0.25, 0.3) is 5.56 Å². The molecule has 1 amide bonds. The molecule has 1 atom stereocenters. The molecule has 4 rings (SSSR count). The second-order valence-electron chi connectivity index (χ2n) is 9.91. The number of nitrogens with zero attached hydrogens (tertiary/aromatic N) is 3. The molecule has 2 aliphatic rings. The van der Waals surface area contributed by atoms with E-state index in [2.05, 4.69) is 30.7 Å². The summed E-state index contributed by atoms with van der Waals surface area (Å²) in [7, 11) is 0. The summed E-state index contributed by atoms with van der Waals surface area (Å²) >= 11 is 1.72. The lowest BCUT2D eigenvalue weighted by molar-refractivity contribution is -0.133. The van der Waals surface area contributed by atoms with Crippen LogP contribution in [0.2, 0.25) is 0 Å². The number of rotatable bonds is 4. The average molecular weight is 431 g/mol. The quantitative estimate of drug-likeness (QED) is 0.805. The minimum atomic E-state index is 0.0125. The van der Waals surface area contributed by atoms with E-state index in [9.17, 15) is 9.59 Å². The smallest absolute Gasteiger partial charge is 0.259 e. The molecule has 164 valence electrons. The number of H-pyrrole nitrogens is 1. The van der Waals surface area contributed by atoms with Crippen molar-refractivity contribution in [2.75, 3.05) is 26.2 Å². The van der Waals surface area contributed by atoms with Gasteiger partial charge in [-0.3, -0.25) is 14.5 Å². The molecule has 0 saturated carbocycles. The van der Waals surface area contributed by atoms with Crippen LogP contribution >= 0.6 is 11.3 Å². The van der Waals surface area contributed by atoms with Gasteiger partial charge in [-0.25, -0.2) is 4.98 Å². The molecular weight excluding hydrogens is 396 g/mol. The van der Waals surface area contributed by atoms with E-state index in [1.807, 2.05) is 11.8 Å². The number of amides is 1. The van der Waals surface area contributed by atoms with Crippen molar-refractivity contribution in [2.24, 2.45) is 11.3 Å². The largest absolute Gasteiger partial charge is 0.340 e. The molecule has 1 fully saturated rings. The molecule has 30 heavy (non-hydrogen) atoms. The van der Waals surface area contributed by atoms with Gasteiger partial charge in [0.05, 0.1) is 11.9 Å². The van der Waals surface area contributed by atoms with Crippen molar-refractivity contribution >= 4 is 27.5 Å². The number of aromatic amines is 1. The molecule has 6 nitrogen and oxygen atoms in total. The Bertz CT molecular complexity index is 979. The van der Waals surface area contributed by atoms with Gasteiger partial charge in [-0.15, -0.1) is 11.3 Å². The van der Waals surface area contributed by atoms with Gasteiger partial charge in [-0.05, 0) is 42.6 Å². The van der Waals surface area contributed by atoms with E-state index in [1.54, 1.807) is 11.3 Å². The Labute approximate surface area is 182 Å². The standard InChI is InChI=1S/C23H34N4O2S/c1-5-6-19(28)27-11-9-26(10-12-27)14-18-24-21(29)20-16-8-7-15(23(2,3)4)13-17(16)30-22(20)25-18/h15H,5-14H2,1-4H3,(H,24,25,29). The van der Waals surface area contributed by atoms with Crippen LogP contribution in [0.5, 0.6) is 0 Å². The summed E-state index contributed by atoms with van der Waals surface area (Å²) in [4.78, 5) is 39.4. The number of hydrogen-bond acceptors (Lipinski definition) is 5. The predicted molar refractivity (Wildman–Crippen MR) is 122 cm³/mol. The lowest BCUT2D eigenvalue weighted by atomic mass is 9.72. The van der Waals surface area contributed by atoms with E-state index in [1.165, 1.54) is 10.4 Å². The number of nitrogens with one attached hydrogen (secondary N) is 1. The lowest BCUT2D eigenvalue weighted by Crippen LogP contribution is -2.48. The van der Waals surface area contributed by atoms with Crippen LogP contribution in [0.25, 0.3) is 10.2 Å². The first-order chi connectivity index (χ1) is 14.3. The zero-order valence-corrected chi connectivity index (χ0v) is 19.5. The van der Waals surface area contributed by atoms with E-state index in [-0.39, 0.29) is 11.5 Å². The highest BCUT2D eigenvalue weighted by atomic mass is 32.1. The van der Waals surface area contributed by atoms with Crippen LogP contribution in [0.15, 0.2) is 4.79 Å². The van der Waals surface area contributed by atoms with Crippen LogP contribution in [0.4, 0.5) is 0 Å². The van der Waals surface area contributed by atoms with Gasteiger partial charge in [-0.2, -0.15) is 0 Å². The Morgan fingerprint density at radius 1 is 1.23 bits per heavy atom. The highest BCUT2D eigenvalue weighted by Gasteiger charge is 2.31. The molecule has 2 aromatic heterocycles. The van der Waals surface area contributed by atoms with Gasteiger partial charge in [0.15, 0.2) is 0 Å².